The van der Waals surface area contributed by atoms with Gasteiger partial charge in [0, 0.05) is 23.6 Å². The molecule has 0 radical (unpaired) electrons. The minimum absolute atomic E-state index is 0.195. The van der Waals surface area contributed by atoms with Crippen LogP contribution in [0.15, 0.2) is 0 Å². The molecule has 0 aliphatic carbocycles. The molecule has 1 N–H and O–H groups in total. The van der Waals surface area contributed by atoms with E-state index in [1.165, 1.54) is 11.3 Å². The first kappa shape index (κ1) is 15.6. The van der Waals surface area contributed by atoms with Crippen LogP contribution in [0.1, 0.15) is 55.4 Å². The third-order valence-electron chi connectivity index (χ3n) is 3.61. The Kier molecular flexibility index (Phi) is 4.96. The number of hydrogen-bond donors (Lipinski definition) is 1. The number of carbonyl (C=O) groups is 1. The standard InChI is InChI=1S/C14H22N2O2S2/c1-5-8(2)11-12(13(17)18)20-14(15-11)16-6-9(3)19-10(4)7-16/h8-10H,5-7H2,1-4H3,(H,17,18). The van der Waals surface area contributed by atoms with Gasteiger partial charge in [-0.1, -0.05) is 39.0 Å². The maximum atomic E-state index is 11.4. The van der Waals surface area contributed by atoms with Crippen LogP contribution in [-0.2, 0) is 0 Å². The number of rotatable bonds is 4. The van der Waals surface area contributed by atoms with Gasteiger partial charge in [-0.15, -0.1) is 0 Å². The number of carboxylic acid groups (broad SMARTS) is 1. The summed E-state index contributed by atoms with van der Waals surface area (Å²) in [4.78, 5) is 18.7. The summed E-state index contributed by atoms with van der Waals surface area (Å²) in [6, 6.07) is 0. The molecule has 0 saturated carbocycles. The normalized spacial score (nSPS) is 24.7. The summed E-state index contributed by atoms with van der Waals surface area (Å²) in [5.74, 6) is -0.656. The van der Waals surface area contributed by atoms with Crippen LogP contribution in [-0.4, -0.2) is 39.6 Å². The van der Waals surface area contributed by atoms with Crippen molar-refractivity contribution in [1.82, 2.24) is 4.98 Å². The molecule has 3 unspecified atom stereocenters. The van der Waals surface area contributed by atoms with Gasteiger partial charge < -0.3 is 10.0 Å². The molecule has 1 aromatic rings. The highest BCUT2D eigenvalue weighted by Gasteiger charge is 2.28. The minimum atomic E-state index is -0.850. The highest BCUT2D eigenvalue weighted by molar-refractivity contribution is 8.00. The molecule has 3 atom stereocenters. The molecule has 112 valence electrons. The Morgan fingerprint density at radius 1 is 1.45 bits per heavy atom. The minimum Gasteiger partial charge on any atom is -0.477 e. The summed E-state index contributed by atoms with van der Waals surface area (Å²) in [5, 5.41) is 11.4. The molecular formula is C14H22N2O2S2. The number of aromatic nitrogens is 1. The first-order chi connectivity index (χ1) is 9.42. The Labute approximate surface area is 128 Å². The van der Waals surface area contributed by atoms with E-state index in [9.17, 15) is 9.90 Å². The van der Waals surface area contributed by atoms with E-state index < -0.39 is 5.97 Å². The summed E-state index contributed by atoms with van der Waals surface area (Å²) < 4.78 is 0. The monoisotopic (exact) mass is 314 g/mol. The summed E-state index contributed by atoms with van der Waals surface area (Å²) in [6.07, 6.45) is 0.909. The van der Waals surface area contributed by atoms with Gasteiger partial charge in [-0.05, 0) is 12.3 Å². The number of nitrogens with zero attached hydrogens (tertiary/aromatic N) is 2. The van der Waals surface area contributed by atoms with Crippen molar-refractivity contribution in [3.05, 3.63) is 10.6 Å². The van der Waals surface area contributed by atoms with Gasteiger partial charge in [0.2, 0.25) is 0 Å². The van der Waals surface area contributed by atoms with Crippen molar-refractivity contribution in [3.8, 4) is 0 Å². The topological polar surface area (TPSA) is 53.4 Å². The van der Waals surface area contributed by atoms with Gasteiger partial charge in [0.05, 0.1) is 5.69 Å². The lowest BCUT2D eigenvalue weighted by atomic mass is 10.0. The molecule has 0 spiro atoms. The van der Waals surface area contributed by atoms with Crippen molar-refractivity contribution in [2.75, 3.05) is 18.0 Å². The van der Waals surface area contributed by atoms with Crippen LogP contribution in [0.2, 0.25) is 0 Å². The zero-order chi connectivity index (χ0) is 14.9. The van der Waals surface area contributed by atoms with Crippen LogP contribution in [0.4, 0.5) is 5.13 Å². The fourth-order valence-corrected chi connectivity index (χ4v) is 4.84. The van der Waals surface area contributed by atoms with Gasteiger partial charge in [-0.2, -0.15) is 11.8 Å². The van der Waals surface area contributed by atoms with E-state index in [1.54, 1.807) is 0 Å². The van der Waals surface area contributed by atoms with E-state index in [0.29, 0.717) is 15.4 Å². The fourth-order valence-electron chi connectivity index (χ4n) is 2.47. The van der Waals surface area contributed by atoms with E-state index in [1.807, 2.05) is 18.7 Å². The maximum absolute atomic E-state index is 11.4. The van der Waals surface area contributed by atoms with E-state index in [-0.39, 0.29) is 5.92 Å². The van der Waals surface area contributed by atoms with Crippen molar-refractivity contribution < 1.29 is 9.90 Å². The molecule has 0 aromatic carbocycles. The van der Waals surface area contributed by atoms with Crippen LogP contribution in [0, 0.1) is 0 Å². The Bertz CT molecular complexity index is 480. The van der Waals surface area contributed by atoms with Gasteiger partial charge in [0.25, 0.3) is 0 Å². The third-order valence-corrected chi connectivity index (χ3v) is 5.95. The van der Waals surface area contributed by atoms with Crippen LogP contribution in [0.3, 0.4) is 0 Å². The average molecular weight is 314 g/mol. The van der Waals surface area contributed by atoms with Crippen molar-refractivity contribution in [2.24, 2.45) is 0 Å². The molecule has 1 aliphatic heterocycles. The lowest BCUT2D eigenvalue weighted by Gasteiger charge is -2.34. The Balaban J connectivity index is 2.30. The quantitative estimate of drug-likeness (QED) is 0.918. The van der Waals surface area contributed by atoms with Crippen LogP contribution >= 0.6 is 23.1 Å². The third kappa shape index (κ3) is 3.28. The molecule has 1 aromatic heterocycles. The predicted molar refractivity (Wildman–Crippen MR) is 86.5 cm³/mol. The van der Waals surface area contributed by atoms with E-state index in [0.717, 1.165) is 30.3 Å². The molecule has 1 fully saturated rings. The van der Waals surface area contributed by atoms with Crippen molar-refractivity contribution in [3.63, 3.8) is 0 Å². The highest BCUT2D eigenvalue weighted by Crippen LogP contribution is 2.35. The summed E-state index contributed by atoms with van der Waals surface area (Å²) in [5.41, 5.74) is 0.749. The van der Waals surface area contributed by atoms with Gasteiger partial charge in [-0.25, -0.2) is 9.78 Å². The second-order valence-electron chi connectivity index (χ2n) is 5.49. The van der Waals surface area contributed by atoms with Gasteiger partial charge in [0.15, 0.2) is 5.13 Å². The zero-order valence-corrected chi connectivity index (χ0v) is 14.1. The molecule has 2 rings (SSSR count). The first-order valence-electron chi connectivity index (χ1n) is 7.06. The smallest absolute Gasteiger partial charge is 0.347 e. The Morgan fingerprint density at radius 3 is 2.55 bits per heavy atom. The largest absolute Gasteiger partial charge is 0.477 e. The highest BCUT2D eigenvalue weighted by atomic mass is 32.2. The van der Waals surface area contributed by atoms with Gasteiger partial charge in [-0.3, -0.25) is 0 Å². The van der Waals surface area contributed by atoms with Crippen molar-refractivity contribution in [2.45, 2.75) is 50.5 Å². The zero-order valence-electron chi connectivity index (χ0n) is 12.4. The van der Waals surface area contributed by atoms with E-state index in [4.69, 9.17) is 0 Å². The van der Waals surface area contributed by atoms with Crippen molar-refractivity contribution >= 4 is 34.2 Å². The molecule has 2 heterocycles. The van der Waals surface area contributed by atoms with Crippen molar-refractivity contribution in [1.29, 1.82) is 0 Å². The molecule has 0 amide bonds. The van der Waals surface area contributed by atoms with Crippen LogP contribution in [0.5, 0.6) is 0 Å². The van der Waals surface area contributed by atoms with E-state index >= 15 is 0 Å². The summed E-state index contributed by atoms with van der Waals surface area (Å²) in [7, 11) is 0. The summed E-state index contributed by atoms with van der Waals surface area (Å²) in [6.45, 7) is 10.4. The molecular weight excluding hydrogens is 292 g/mol. The Morgan fingerprint density at radius 2 is 2.05 bits per heavy atom. The molecule has 1 saturated heterocycles. The first-order valence-corrected chi connectivity index (χ1v) is 8.82. The SMILES string of the molecule is CCC(C)c1nc(N2CC(C)SC(C)C2)sc1C(=O)O. The van der Waals surface area contributed by atoms with Crippen LogP contribution in [0.25, 0.3) is 0 Å². The van der Waals surface area contributed by atoms with Gasteiger partial charge in [0.1, 0.15) is 4.88 Å². The van der Waals surface area contributed by atoms with Crippen LogP contribution < -0.4 is 4.90 Å². The second-order valence-corrected chi connectivity index (χ2v) is 8.35. The molecule has 4 nitrogen and oxygen atoms in total. The molecule has 1 aliphatic rings. The number of thiazole rings is 1. The van der Waals surface area contributed by atoms with Gasteiger partial charge >= 0.3 is 5.97 Å². The lowest BCUT2D eigenvalue weighted by Crippen LogP contribution is -2.40. The fraction of sp³-hybridized carbons (Fsp3) is 0.714. The van der Waals surface area contributed by atoms with E-state index in [2.05, 4.69) is 30.7 Å². The predicted octanol–water partition coefficient (Wildman–Crippen LogP) is 3.69. The number of hydrogen-bond acceptors (Lipinski definition) is 5. The molecule has 0 bridgehead atoms. The number of thioether (sulfide) groups is 1. The number of aromatic carboxylic acids is 1. The Hall–Kier alpha value is -0.750. The maximum Gasteiger partial charge on any atom is 0.347 e. The lowest BCUT2D eigenvalue weighted by molar-refractivity contribution is 0.0700. The molecule has 6 heteroatoms. The average Bonchev–Trinajstić information content (AvgIpc) is 2.81. The summed E-state index contributed by atoms with van der Waals surface area (Å²) >= 11 is 3.31. The number of anilines is 1. The number of carboxylic acids is 1. The second kappa shape index (κ2) is 6.35. The molecule has 20 heavy (non-hydrogen) atoms.